The van der Waals surface area contributed by atoms with Gasteiger partial charge in [0.25, 0.3) is 0 Å². The molecule has 2 aromatic rings. The number of hydrogen-bond donors (Lipinski definition) is 1. The summed E-state index contributed by atoms with van der Waals surface area (Å²) in [6.07, 6.45) is 0. The zero-order chi connectivity index (χ0) is 19.2. The molecule has 0 saturated carbocycles. The fraction of sp³-hybridized carbons (Fsp3) is 0.381. The molecule has 152 valence electrons. The van der Waals surface area contributed by atoms with Gasteiger partial charge in [-0.25, -0.2) is 9.38 Å². The number of halogens is 2. The lowest BCUT2D eigenvalue weighted by Gasteiger charge is -2.36. The number of nitrogens with zero attached hydrogens (tertiary/aromatic N) is 4. The zero-order valence-corrected chi connectivity index (χ0v) is 18.8. The molecule has 0 radical (unpaired) electrons. The lowest BCUT2D eigenvalue weighted by atomic mass is 10.1. The molecule has 0 unspecified atom stereocenters. The molecule has 2 aromatic carbocycles. The van der Waals surface area contributed by atoms with E-state index in [-0.39, 0.29) is 29.8 Å². The highest BCUT2D eigenvalue weighted by atomic mass is 127. The Morgan fingerprint density at radius 2 is 1.68 bits per heavy atom. The van der Waals surface area contributed by atoms with E-state index >= 15 is 0 Å². The maximum absolute atomic E-state index is 13.1. The molecule has 7 heteroatoms. The molecule has 1 heterocycles. The highest BCUT2D eigenvalue weighted by molar-refractivity contribution is 14.0. The number of benzene rings is 2. The van der Waals surface area contributed by atoms with Crippen LogP contribution >= 0.6 is 24.0 Å². The van der Waals surface area contributed by atoms with Gasteiger partial charge in [0.05, 0.1) is 6.54 Å². The molecule has 1 aliphatic rings. The van der Waals surface area contributed by atoms with E-state index in [1.54, 1.807) is 0 Å². The van der Waals surface area contributed by atoms with Crippen molar-refractivity contribution in [3.8, 4) is 0 Å². The lowest BCUT2D eigenvalue weighted by molar-refractivity contribution is 0.380. The van der Waals surface area contributed by atoms with Gasteiger partial charge >= 0.3 is 0 Å². The average molecular weight is 497 g/mol. The molecular formula is C21H29FIN5. The van der Waals surface area contributed by atoms with Crippen LogP contribution in [0.4, 0.5) is 10.1 Å². The van der Waals surface area contributed by atoms with Gasteiger partial charge < -0.3 is 20.4 Å². The quantitative estimate of drug-likeness (QED) is 0.392. The van der Waals surface area contributed by atoms with Gasteiger partial charge in [-0.05, 0) is 49.5 Å². The van der Waals surface area contributed by atoms with E-state index in [0.29, 0.717) is 12.5 Å². The number of hydrogen-bond acceptors (Lipinski definition) is 3. The van der Waals surface area contributed by atoms with Crippen LogP contribution in [0.2, 0.25) is 0 Å². The maximum Gasteiger partial charge on any atom is 0.191 e. The van der Waals surface area contributed by atoms with Gasteiger partial charge in [0.1, 0.15) is 5.82 Å². The average Bonchev–Trinajstić information content (AvgIpc) is 2.67. The van der Waals surface area contributed by atoms with Crippen LogP contribution in [0.15, 0.2) is 53.5 Å². The molecular weight excluding hydrogens is 468 g/mol. The van der Waals surface area contributed by atoms with Crippen molar-refractivity contribution in [1.29, 1.82) is 0 Å². The van der Waals surface area contributed by atoms with Crippen LogP contribution in [0.1, 0.15) is 11.1 Å². The summed E-state index contributed by atoms with van der Waals surface area (Å²) < 4.78 is 13.1. The predicted octanol–water partition coefficient (Wildman–Crippen LogP) is 3.14. The number of rotatable bonds is 5. The Balaban J connectivity index is 0.00000280. The van der Waals surface area contributed by atoms with Gasteiger partial charge in [-0.3, -0.25) is 0 Å². The van der Waals surface area contributed by atoms with Crippen molar-refractivity contribution in [1.82, 2.24) is 9.80 Å². The summed E-state index contributed by atoms with van der Waals surface area (Å²) >= 11 is 0. The number of guanidine groups is 1. The van der Waals surface area contributed by atoms with Crippen molar-refractivity contribution >= 4 is 35.6 Å². The Labute approximate surface area is 184 Å². The van der Waals surface area contributed by atoms with Gasteiger partial charge in [0.15, 0.2) is 5.96 Å². The molecule has 2 N–H and O–H groups in total. The third-order valence-electron chi connectivity index (χ3n) is 4.71. The Morgan fingerprint density at radius 1 is 1.04 bits per heavy atom. The lowest BCUT2D eigenvalue weighted by Crippen LogP contribution is -2.51. The zero-order valence-electron chi connectivity index (χ0n) is 16.5. The first kappa shape index (κ1) is 22.4. The second kappa shape index (κ2) is 10.6. The molecule has 1 fully saturated rings. The third kappa shape index (κ3) is 6.34. The van der Waals surface area contributed by atoms with Gasteiger partial charge in [-0.15, -0.1) is 24.0 Å². The minimum Gasteiger partial charge on any atom is -0.370 e. The van der Waals surface area contributed by atoms with Crippen LogP contribution in [0.3, 0.4) is 0 Å². The summed E-state index contributed by atoms with van der Waals surface area (Å²) in [6, 6.07) is 15.1. The van der Waals surface area contributed by atoms with Crippen molar-refractivity contribution in [2.75, 3.05) is 45.2 Å². The normalized spacial score (nSPS) is 14.9. The molecule has 1 aliphatic heterocycles. The largest absolute Gasteiger partial charge is 0.370 e. The van der Waals surface area contributed by atoms with Crippen molar-refractivity contribution in [2.24, 2.45) is 10.7 Å². The molecule has 1 saturated heterocycles. The highest BCUT2D eigenvalue weighted by Gasteiger charge is 2.18. The van der Waals surface area contributed by atoms with E-state index in [1.165, 1.54) is 23.3 Å². The van der Waals surface area contributed by atoms with E-state index in [0.717, 1.165) is 38.4 Å². The minimum absolute atomic E-state index is 0. The smallest absolute Gasteiger partial charge is 0.191 e. The molecule has 0 aromatic heterocycles. The minimum atomic E-state index is -0.205. The summed E-state index contributed by atoms with van der Waals surface area (Å²) in [5.41, 5.74) is 9.71. The third-order valence-corrected chi connectivity index (χ3v) is 4.71. The Morgan fingerprint density at radius 3 is 2.32 bits per heavy atom. The first-order chi connectivity index (χ1) is 13.0. The van der Waals surface area contributed by atoms with Crippen molar-refractivity contribution in [3.63, 3.8) is 0 Å². The van der Waals surface area contributed by atoms with Gasteiger partial charge in [-0.2, -0.15) is 0 Å². The molecule has 0 aliphatic carbocycles. The number of nitrogens with two attached hydrogens (primary N) is 1. The number of anilines is 1. The van der Waals surface area contributed by atoms with E-state index in [4.69, 9.17) is 5.73 Å². The van der Waals surface area contributed by atoms with E-state index < -0.39 is 0 Å². The van der Waals surface area contributed by atoms with Crippen molar-refractivity contribution < 1.29 is 4.39 Å². The van der Waals surface area contributed by atoms with E-state index in [2.05, 4.69) is 58.1 Å². The van der Waals surface area contributed by atoms with E-state index in [1.807, 2.05) is 12.1 Å². The first-order valence-corrected chi connectivity index (χ1v) is 9.29. The highest BCUT2D eigenvalue weighted by Crippen LogP contribution is 2.17. The molecule has 0 atom stereocenters. The first-order valence-electron chi connectivity index (χ1n) is 9.29. The second-order valence-corrected chi connectivity index (χ2v) is 7.18. The van der Waals surface area contributed by atoms with Crippen LogP contribution in [0, 0.1) is 5.82 Å². The van der Waals surface area contributed by atoms with Gasteiger partial charge in [0, 0.05) is 38.4 Å². The van der Waals surface area contributed by atoms with Crippen LogP contribution in [0.25, 0.3) is 0 Å². The van der Waals surface area contributed by atoms with E-state index in [9.17, 15) is 4.39 Å². The molecule has 0 spiro atoms. The van der Waals surface area contributed by atoms with Crippen LogP contribution < -0.4 is 10.6 Å². The second-order valence-electron chi connectivity index (χ2n) is 7.18. The van der Waals surface area contributed by atoms with Crippen molar-refractivity contribution in [3.05, 3.63) is 65.5 Å². The standard InChI is InChI=1S/C21H28FN5.HI/c1-25(2)16-18-5-3-4-17(14-18)15-24-21(23)27-12-10-26(11-13-27)20-8-6-19(22)7-9-20;/h3-9,14H,10-13,15-16H2,1-2H3,(H2,23,24);1H. The van der Waals surface area contributed by atoms with Crippen molar-refractivity contribution in [2.45, 2.75) is 13.1 Å². The molecule has 0 amide bonds. The summed E-state index contributed by atoms with van der Waals surface area (Å²) in [7, 11) is 4.13. The Bertz CT molecular complexity index is 771. The fourth-order valence-electron chi connectivity index (χ4n) is 3.31. The number of aliphatic imine (C=N–C) groups is 1. The predicted molar refractivity (Wildman–Crippen MR) is 125 cm³/mol. The number of piperazine rings is 1. The fourth-order valence-corrected chi connectivity index (χ4v) is 3.31. The van der Waals surface area contributed by atoms with Crippen LogP contribution in [0.5, 0.6) is 0 Å². The van der Waals surface area contributed by atoms with Gasteiger partial charge in [0.2, 0.25) is 0 Å². The summed E-state index contributed by atoms with van der Waals surface area (Å²) in [6.45, 7) is 4.82. The van der Waals surface area contributed by atoms with Gasteiger partial charge in [-0.1, -0.05) is 24.3 Å². The molecule has 0 bridgehead atoms. The molecule has 5 nitrogen and oxygen atoms in total. The van der Waals surface area contributed by atoms with Crippen LogP contribution in [-0.2, 0) is 13.1 Å². The van der Waals surface area contributed by atoms with Crippen LogP contribution in [-0.4, -0.2) is 56.0 Å². The molecule has 28 heavy (non-hydrogen) atoms. The molecule has 3 rings (SSSR count). The summed E-state index contributed by atoms with van der Waals surface area (Å²) in [4.78, 5) is 11.1. The maximum atomic E-state index is 13.1. The topological polar surface area (TPSA) is 48.1 Å². The summed E-state index contributed by atoms with van der Waals surface area (Å²) in [5.74, 6) is 0.384. The SMILES string of the molecule is CN(C)Cc1cccc(CN=C(N)N2CCN(c3ccc(F)cc3)CC2)c1.I. The Kier molecular flexibility index (Phi) is 8.50. The monoisotopic (exact) mass is 497 g/mol. The Hall–Kier alpha value is -1.87. The summed E-state index contributed by atoms with van der Waals surface area (Å²) in [5, 5.41) is 0.